The van der Waals surface area contributed by atoms with Gasteiger partial charge in [0, 0.05) is 38.3 Å². The first-order chi connectivity index (χ1) is 16.1. The van der Waals surface area contributed by atoms with Crippen LogP contribution in [0.2, 0.25) is 0 Å². The van der Waals surface area contributed by atoms with Crippen LogP contribution in [0.3, 0.4) is 0 Å². The minimum absolute atomic E-state index is 0.0738. The number of furan rings is 1. The van der Waals surface area contributed by atoms with E-state index in [0.29, 0.717) is 19.5 Å². The van der Waals surface area contributed by atoms with Gasteiger partial charge in [-0.2, -0.15) is 0 Å². The molecule has 4 rings (SSSR count). The molecule has 1 atom stereocenters. The molecule has 172 valence electrons. The molecule has 7 nitrogen and oxygen atoms in total. The molecule has 1 saturated heterocycles. The van der Waals surface area contributed by atoms with Crippen LogP contribution < -0.4 is 15.0 Å². The molecule has 33 heavy (non-hydrogen) atoms. The van der Waals surface area contributed by atoms with Gasteiger partial charge < -0.3 is 24.3 Å². The highest BCUT2D eigenvalue weighted by Crippen LogP contribution is 2.21. The Bertz CT molecular complexity index is 1040. The summed E-state index contributed by atoms with van der Waals surface area (Å²) < 4.78 is 10.5. The molecule has 2 aromatic carbocycles. The third kappa shape index (κ3) is 5.74. The number of nitrogens with one attached hydrogen (secondary N) is 1. The van der Waals surface area contributed by atoms with Crippen molar-refractivity contribution in [1.29, 1.82) is 0 Å². The molecule has 2 amide bonds. The molecule has 1 fully saturated rings. The molecule has 1 unspecified atom stereocenters. The van der Waals surface area contributed by atoms with Crippen molar-refractivity contribution in [2.24, 2.45) is 0 Å². The largest absolute Gasteiger partial charge is 0.497 e. The molecule has 1 aromatic heterocycles. The minimum Gasteiger partial charge on any atom is -0.497 e. The molecular weight excluding hydrogens is 418 g/mol. The Hall–Kier alpha value is -3.74. The zero-order valence-electron chi connectivity index (χ0n) is 18.8. The fourth-order valence-electron chi connectivity index (χ4n) is 4.10. The molecule has 0 spiro atoms. The number of carbonyl (C=O) groups excluding carboxylic acids is 2. The first-order valence-electron chi connectivity index (χ1n) is 11.2. The summed E-state index contributed by atoms with van der Waals surface area (Å²) in [6, 6.07) is 20.3. The van der Waals surface area contributed by atoms with E-state index >= 15 is 0 Å². The summed E-state index contributed by atoms with van der Waals surface area (Å²) in [6.07, 6.45) is 2.72. The van der Waals surface area contributed by atoms with E-state index in [1.165, 1.54) is 6.26 Å². The summed E-state index contributed by atoms with van der Waals surface area (Å²) in [5.74, 6) is 0.558. The van der Waals surface area contributed by atoms with Crippen molar-refractivity contribution in [2.75, 3.05) is 38.2 Å². The van der Waals surface area contributed by atoms with Gasteiger partial charge in [0.1, 0.15) is 11.8 Å². The number of hydrogen-bond donors (Lipinski definition) is 1. The van der Waals surface area contributed by atoms with Gasteiger partial charge in [0.2, 0.25) is 5.91 Å². The van der Waals surface area contributed by atoms with Crippen LogP contribution in [-0.4, -0.2) is 56.0 Å². The quantitative estimate of drug-likeness (QED) is 0.601. The van der Waals surface area contributed by atoms with E-state index in [1.807, 2.05) is 59.5 Å². The number of hydrogen-bond acceptors (Lipinski definition) is 5. The van der Waals surface area contributed by atoms with E-state index < -0.39 is 6.04 Å². The molecule has 0 aliphatic carbocycles. The van der Waals surface area contributed by atoms with Crippen molar-refractivity contribution in [2.45, 2.75) is 18.9 Å². The second-order valence-corrected chi connectivity index (χ2v) is 8.06. The maximum absolute atomic E-state index is 13.5. The van der Waals surface area contributed by atoms with Crippen LogP contribution >= 0.6 is 0 Å². The van der Waals surface area contributed by atoms with Crippen LogP contribution in [0.25, 0.3) is 0 Å². The Kier molecular flexibility index (Phi) is 7.29. The molecular formula is C26H29N3O4. The number of methoxy groups -OCH3 is 1. The smallest absolute Gasteiger partial charge is 0.287 e. The maximum Gasteiger partial charge on any atom is 0.287 e. The van der Waals surface area contributed by atoms with Crippen molar-refractivity contribution in [3.63, 3.8) is 0 Å². The topological polar surface area (TPSA) is 75.0 Å². The van der Waals surface area contributed by atoms with Crippen molar-refractivity contribution in [3.05, 3.63) is 84.3 Å². The van der Waals surface area contributed by atoms with Gasteiger partial charge in [0.25, 0.3) is 5.91 Å². The lowest BCUT2D eigenvalue weighted by atomic mass is 10.0. The first-order valence-corrected chi connectivity index (χ1v) is 11.2. The van der Waals surface area contributed by atoms with Crippen molar-refractivity contribution >= 4 is 17.5 Å². The average Bonchev–Trinajstić information content (AvgIpc) is 3.29. The zero-order chi connectivity index (χ0) is 23.0. The monoisotopic (exact) mass is 447 g/mol. The predicted molar refractivity (Wildman–Crippen MR) is 127 cm³/mol. The van der Waals surface area contributed by atoms with Gasteiger partial charge >= 0.3 is 0 Å². The van der Waals surface area contributed by atoms with Gasteiger partial charge in [-0.15, -0.1) is 0 Å². The minimum atomic E-state index is -0.669. The Balaban J connectivity index is 1.45. The lowest BCUT2D eigenvalue weighted by Gasteiger charge is -2.27. The van der Waals surface area contributed by atoms with Crippen LogP contribution in [0.4, 0.5) is 5.69 Å². The average molecular weight is 448 g/mol. The molecule has 0 saturated carbocycles. The number of rotatable bonds is 7. The number of amides is 2. The summed E-state index contributed by atoms with van der Waals surface area (Å²) >= 11 is 0. The third-order valence-electron chi connectivity index (χ3n) is 5.88. The van der Waals surface area contributed by atoms with Crippen LogP contribution in [-0.2, 0) is 11.2 Å². The summed E-state index contributed by atoms with van der Waals surface area (Å²) in [6.45, 7) is 2.82. The van der Waals surface area contributed by atoms with Crippen LogP contribution in [0, 0.1) is 0 Å². The van der Waals surface area contributed by atoms with Gasteiger partial charge in [-0.25, -0.2) is 0 Å². The fraction of sp³-hybridized carbons (Fsp3) is 0.308. The standard InChI is InChI=1S/C26H29N3O4/c1-32-22-12-10-21(11-13-22)28-14-6-15-29(17-16-28)26(31)23(19-20-7-3-2-4-8-20)27-25(30)24-9-5-18-33-24/h2-5,7-13,18,23H,6,14-17,19H2,1H3,(H,27,30). The molecule has 1 N–H and O–H groups in total. The Morgan fingerprint density at radius 1 is 0.970 bits per heavy atom. The van der Waals surface area contributed by atoms with Crippen molar-refractivity contribution in [3.8, 4) is 5.75 Å². The Labute approximate surface area is 193 Å². The van der Waals surface area contributed by atoms with Gasteiger partial charge in [0.15, 0.2) is 5.76 Å². The van der Waals surface area contributed by atoms with E-state index in [0.717, 1.165) is 36.5 Å². The molecule has 0 bridgehead atoms. The van der Waals surface area contributed by atoms with Crippen molar-refractivity contribution < 1.29 is 18.7 Å². The van der Waals surface area contributed by atoms with Gasteiger partial charge in [-0.05, 0) is 48.4 Å². The lowest BCUT2D eigenvalue weighted by molar-refractivity contribution is -0.133. The van der Waals surface area contributed by atoms with Crippen LogP contribution in [0.1, 0.15) is 22.5 Å². The number of carbonyl (C=O) groups is 2. The van der Waals surface area contributed by atoms with Crippen LogP contribution in [0.15, 0.2) is 77.4 Å². The first kappa shape index (κ1) is 22.5. The Morgan fingerprint density at radius 3 is 2.45 bits per heavy atom. The van der Waals surface area contributed by atoms with Gasteiger partial charge in [0.05, 0.1) is 13.4 Å². The molecule has 1 aliphatic heterocycles. The van der Waals surface area contributed by atoms with Crippen molar-refractivity contribution in [1.82, 2.24) is 10.2 Å². The fourth-order valence-corrected chi connectivity index (χ4v) is 4.10. The highest BCUT2D eigenvalue weighted by molar-refractivity contribution is 5.95. The second kappa shape index (κ2) is 10.7. The second-order valence-electron chi connectivity index (χ2n) is 8.06. The van der Waals surface area contributed by atoms with E-state index in [4.69, 9.17) is 9.15 Å². The lowest BCUT2D eigenvalue weighted by Crippen LogP contribution is -2.50. The third-order valence-corrected chi connectivity index (χ3v) is 5.88. The van der Waals surface area contributed by atoms with Gasteiger partial charge in [-0.3, -0.25) is 9.59 Å². The highest BCUT2D eigenvalue weighted by atomic mass is 16.5. The SMILES string of the molecule is COc1ccc(N2CCCN(C(=O)C(Cc3ccccc3)NC(=O)c3ccco3)CC2)cc1. The number of benzene rings is 2. The van der Waals surface area contributed by atoms with Gasteiger partial charge in [-0.1, -0.05) is 30.3 Å². The summed E-state index contributed by atoms with van der Waals surface area (Å²) in [4.78, 5) is 30.3. The zero-order valence-corrected chi connectivity index (χ0v) is 18.8. The Morgan fingerprint density at radius 2 is 1.76 bits per heavy atom. The van der Waals surface area contributed by atoms with E-state index in [2.05, 4.69) is 10.2 Å². The molecule has 3 aromatic rings. The van der Waals surface area contributed by atoms with E-state index in [-0.39, 0.29) is 17.6 Å². The molecule has 7 heteroatoms. The number of anilines is 1. The molecule has 2 heterocycles. The molecule has 0 radical (unpaired) electrons. The van der Waals surface area contributed by atoms with E-state index in [9.17, 15) is 9.59 Å². The number of ether oxygens (including phenoxy) is 1. The predicted octanol–water partition coefficient (Wildman–Crippen LogP) is 3.37. The summed E-state index contributed by atoms with van der Waals surface area (Å²) in [5, 5.41) is 2.89. The summed E-state index contributed by atoms with van der Waals surface area (Å²) in [7, 11) is 1.65. The maximum atomic E-state index is 13.5. The molecule has 1 aliphatic rings. The van der Waals surface area contributed by atoms with Crippen LogP contribution in [0.5, 0.6) is 5.75 Å². The normalized spacial score (nSPS) is 14.9. The highest BCUT2D eigenvalue weighted by Gasteiger charge is 2.29. The van der Waals surface area contributed by atoms with E-state index in [1.54, 1.807) is 19.2 Å². The summed E-state index contributed by atoms with van der Waals surface area (Å²) in [5.41, 5.74) is 2.10. The number of nitrogens with zero attached hydrogens (tertiary/aromatic N) is 2.